The molecule has 1 heterocycles. The summed E-state index contributed by atoms with van der Waals surface area (Å²) in [6, 6.07) is 11.4. The second kappa shape index (κ2) is 6.97. The Balaban J connectivity index is 2.08. The van der Waals surface area contributed by atoms with E-state index in [0.29, 0.717) is 6.04 Å². The van der Waals surface area contributed by atoms with Gasteiger partial charge in [-0.05, 0) is 38.6 Å². The van der Waals surface area contributed by atoms with E-state index >= 15 is 0 Å². The molecular weight excluding hydrogens is 264 g/mol. The number of nitrogens with zero attached hydrogens (tertiary/aromatic N) is 1. The van der Waals surface area contributed by atoms with Crippen molar-refractivity contribution in [2.45, 2.75) is 44.0 Å². The van der Waals surface area contributed by atoms with Gasteiger partial charge in [0.05, 0.1) is 0 Å². The summed E-state index contributed by atoms with van der Waals surface area (Å²) in [5.41, 5.74) is 1.65. The lowest BCUT2D eigenvalue weighted by Crippen LogP contribution is -2.58. The van der Waals surface area contributed by atoms with Crippen LogP contribution in [0.3, 0.4) is 0 Å². The molecule has 20 heavy (non-hydrogen) atoms. The molecule has 1 fully saturated rings. The van der Waals surface area contributed by atoms with Gasteiger partial charge in [0, 0.05) is 29.9 Å². The normalized spacial score (nSPS) is 24.5. The molecule has 1 aliphatic rings. The molecule has 1 N–H and O–H groups in total. The zero-order valence-electron chi connectivity index (χ0n) is 13.2. The molecule has 112 valence electrons. The van der Waals surface area contributed by atoms with Gasteiger partial charge >= 0.3 is 0 Å². The van der Waals surface area contributed by atoms with Crippen molar-refractivity contribution in [3.05, 3.63) is 35.9 Å². The minimum absolute atomic E-state index is 0.216. The third-order valence-electron chi connectivity index (χ3n) is 4.22. The summed E-state index contributed by atoms with van der Waals surface area (Å²) in [5, 5.41) is 4.43. The van der Waals surface area contributed by atoms with Crippen LogP contribution < -0.4 is 5.32 Å². The number of nitrogens with one attached hydrogen (secondary N) is 1. The molecule has 0 saturated carbocycles. The first-order valence-corrected chi connectivity index (χ1v) is 8.87. The lowest BCUT2D eigenvalue weighted by molar-refractivity contribution is 0.0941. The Hall–Kier alpha value is -0.510. The Morgan fingerprint density at radius 1 is 1.35 bits per heavy atom. The predicted molar refractivity (Wildman–Crippen MR) is 90.4 cm³/mol. The number of thioether (sulfide) groups is 1. The second-order valence-electron chi connectivity index (χ2n) is 6.50. The lowest BCUT2D eigenvalue weighted by atomic mass is 9.94. The van der Waals surface area contributed by atoms with Crippen molar-refractivity contribution in [2.24, 2.45) is 0 Å². The molecule has 1 aliphatic heterocycles. The third kappa shape index (κ3) is 4.24. The molecule has 0 spiro atoms. The molecule has 0 radical (unpaired) electrons. The van der Waals surface area contributed by atoms with Gasteiger partial charge < -0.3 is 5.32 Å². The third-order valence-corrected chi connectivity index (χ3v) is 5.26. The molecule has 0 aliphatic carbocycles. The number of hydrogen-bond acceptors (Lipinski definition) is 3. The fraction of sp³-hybridized carbons (Fsp3) is 0.647. The highest BCUT2D eigenvalue weighted by Crippen LogP contribution is 2.27. The Kier molecular flexibility index (Phi) is 5.53. The summed E-state index contributed by atoms with van der Waals surface area (Å²) >= 11 is 1.97. The molecule has 0 bridgehead atoms. The van der Waals surface area contributed by atoms with Crippen LogP contribution in [0.5, 0.6) is 0 Å². The van der Waals surface area contributed by atoms with Crippen LogP contribution in [0.2, 0.25) is 0 Å². The summed E-state index contributed by atoms with van der Waals surface area (Å²) in [5.74, 6) is 0. The molecule has 3 heteroatoms. The highest BCUT2D eigenvalue weighted by Gasteiger charge is 2.32. The van der Waals surface area contributed by atoms with Gasteiger partial charge in [0.2, 0.25) is 0 Å². The second-order valence-corrected chi connectivity index (χ2v) is 7.77. The van der Waals surface area contributed by atoms with E-state index in [4.69, 9.17) is 0 Å². The first-order valence-electron chi connectivity index (χ1n) is 7.58. The van der Waals surface area contributed by atoms with Crippen molar-refractivity contribution >= 4 is 11.8 Å². The van der Waals surface area contributed by atoms with Gasteiger partial charge in [-0.3, -0.25) is 4.90 Å². The quantitative estimate of drug-likeness (QED) is 0.893. The monoisotopic (exact) mass is 292 g/mol. The van der Waals surface area contributed by atoms with Crippen molar-refractivity contribution < 1.29 is 0 Å². The van der Waals surface area contributed by atoms with E-state index < -0.39 is 0 Å². The van der Waals surface area contributed by atoms with E-state index in [1.807, 2.05) is 11.8 Å². The summed E-state index contributed by atoms with van der Waals surface area (Å²) in [4.78, 5) is 2.67. The van der Waals surface area contributed by atoms with Crippen molar-refractivity contribution in [3.8, 4) is 0 Å². The number of rotatable bonds is 5. The van der Waals surface area contributed by atoms with Crippen molar-refractivity contribution in [1.82, 2.24) is 10.2 Å². The Labute approximate surface area is 128 Å². The van der Waals surface area contributed by atoms with E-state index in [-0.39, 0.29) is 5.54 Å². The Morgan fingerprint density at radius 3 is 2.70 bits per heavy atom. The van der Waals surface area contributed by atoms with Crippen LogP contribution in [0, 0.1) is 0 Å². The topological polar surface area (TPSA) is 15.3 Å². The fourth-order valence-electron chi connectivity index (χ4n) is 2.88. The predicted octanol–water partition coefficient (Wildman–Crippen LogP) is 3.55. The first-order chi connectivity index (χ1) is 9.52. The van der Waals surface area contributed by atoms with Crippen molar-refractivity contribution in [3.63, 3.8) is 0 Å². The summed E-state index contributed by atoms with van der Waals surface area (Å²) in [7, 11) is 0. The number of hydrogen-bond donors (Lipinski definition) is 1. The van der Waals surface area contributed by atoms with Crippen LogP contribution in [-0.4, -0.2) is 41.6 Å². The van der Waals surface area contributed by atoms with E-state index in [9.17, 15) is 0 Å². The molecule has 1 aromatic carbocycles. The zero-order valence-corrected chi connectivity index (χ0v) is 14.0. The van der Waals surface area contributed by atoms with E-state index in [1.165, 1.54) is 18.5 Å². The standard InChI is InChI=1S/C17H28N2S/c1-14(20-4)10-11-19-13-17(2,3)18-12-16(19)15-8-6-5-7-9-15/h5-9,14,16,18H,10-13H2,1-4H3. The smallest absolute Gasteiger partial charge is 0.0473 e. The summed E-state index contributed by atoms with van der Waals surface area (Å²) in [6.45, 7) is 10.3. The maximum atomic E-state index is 3.69. The van der Waals surface area contributed by atoms with Gasteiger partial charge in [-0.15, -0.1) is 0 Å². The maximum Gasteiger partial charge on any atom is 0.0473 e. The van der Waals surface area contributed by atoms with Gasteiger partial charge in [0.1, 0.15) is 0 Å². The van der Waals surface area contributed by atoms with E-state index in [1.54, 1.807) is 0 Å². The molecule has 0 aromatic heterocycles. The van der Waals surface area contributed by atoms with E-state index in [0.717, 1.165) is 18.3 Å². The fourth-order valence-corrected chi connectivity index (χ4v) is 3.22. The molecule has 2 unspecified atom stereocenters. The van der Waals surface area contributed by atoms with Gasteiger partial charge in [-0.2, -0.15) is 11.8 Å². The van der Waals surface area contributed by atoms with Crippen LogP contribution in [-0.2, 0) is 0 Å². The van der Waals surface area contributed by atoms with Crippen molar-refractivity contribution in [1.29, 1.82) is 0 Å². The summed E-state index contributed by atoms with van der Waals surface area (Å²) in [6.07, 6.45) is 3.47. The molecule has 2 nitrogen and oxygen atoms in total. The molecule has 1 aromatic rings. The van der Waals surface area contributed by atoms with Gasteiger partial charge in [0.25, 0.3) is 0 Å². The van der Waals surface area contributed by atoms with Crippen molar-refractivity contribution in [2.75, 3.05) is 25.9 Å². The first kappa shape index (κ1) is 15.9. The number of benzene rings is 1. The van der Waals surface area contributed by atoms with Crippen LogP contribution in [0.1, 0.15) is 38.8 Å². The maximum absolute atomic E-state index is 3.69. The molecule has 1 saturated heterocycles. The van der Waals surface area contributed by atoms with Gasteiger partial charge in [-0.1, -0.05) is 37.3 Å². The Morgan fingerprint density at radius 2 is 2.05 bits per heavy atom. The average Bonchev–Trinajstić information content (AvgIpc) is 2.45. The SMILES string of the molecule is CSC(C)CCN1CC(C)(C)NCC1c1ccccc1. The highest BCUT2D eigenvalue weighted by atomic mass is 32.2. The summed E-state index contributed by atoms with van der Waals surface area (Å²) < 4.78 is 0. The average molecular weight is 292 g/mol. The largest absolute Gasteiger partial charge is 0.309 e. The van der Waals surface area contributed by atoms with Gasteiger partial charge in [-0.25, -0.2) is 0 Å². The van der Waals surface area contributed by atoms with Crippen LogP contribution in [0.15, 0.2) is 30.3 Å². The minimum atomic E-state index is 0.216. The molecule has 2 atom stereocenters. The zero-order chi connectivity index (χ0) is 14.6. The van der Waals surface area contributed by atoms with E-state index in [2.05, 4.69) is 67.6 Å². The molecular formula is C17H28N2S. The highest BCUT2D eigenvalue weighted by molar-refractivity contribution is 7.99. The van der Waals surface area contributed by atoms with Gasteiger partial charge in [0.15, 0.2) is 0 Å². The van der Waals surface area contributed by atoms with Crippen LogP contribution in [0.25, 0.3) is 0 Å². The molecule has 0 amide bonds. The molecule has 2 rings (SSSR count). The lowest BCUT2D eigenvalue weighted by Gasteiger charge is -2.45. The van der Waals surface area contributed by atoms with Crippen LogP contribution in [0.4, 0.5) is 0 Å². The number of piperazine rings is 1. The minimum Gasteiger partial charge on any atom is -0.309 e. The van der Waals surface area contributed by atoms with Crippen LogP contribution >= 0.6 is 11.8 Å². The Bertz CT molecular complexity index is 405.